The van der Waals surface area contributed by atoms with Gasteiger partial charge in [0.1, 0.15) is 0 Å². The van der Waals surface area contributed by atoms with E-state index < -0.39 is 10.8 Å². The molecule has 1 aliphatic carbocycles. The Morgan fingerprint density at radius 3 is 2.67 bits per heavy atom. The SMILES string of the molecule is CNC1CCC(S(=O)c2ccc3c(c2)OCCCO3)C1C. The maximum atomic E-state index is 12.9. The zero-order valence-electron chi connectivity index (χ0n) is 12.6. The molecule has 116 valence electrons. The van der Waals surface area contributed by atoms with Gasteiger partial charge in [-0.1, -0.05) is 6.92 Å². The van der Waals surface area contributed by atoms with E-state index in [-0.39, 0.29) is 5.25 Å². The molecule has 0 amide bonds. The Morgan fingerprint density at radius 1 is 1.19 bits per heavy atom. The quantitative estimate of drug-likeness (QED) is 0.931. The second kappa shape index (κ2) is 6.36. The predicted molar refractivity (Wildman–Crippen MR) is 83.5 cm³/mol. The van der Waals surface area contributed by atoms with Gasteiger partial charge in [-0.3, -0.25) is 4.21 Å². The fraction of sp³-hybridized carbons (Fsp3) is 0.625. The molecule has 5 heteroatoms. The molecule has 1 heterocycles. The Morgan fingerprint density at radius 2 is 1.95 bits per heavy atom. The van der Waals surface area contributed by atoms with E-state index in [0.29, 0.717) is 25.2 Å². The van der Waals surface area contributed by atoms with Crippen LogP contribution in [-0.4, -0.2) is 35.8 Å². The molecule has 2 aliphatic rings. The van der Waals surface area contributed by atoms with Gasteiger partial charge in [0.25, 0.3) is 0 Å². The fourth-order valence-corrected chi connectivity index (χ4v) is 4.99. The van der Waals surface area contributed by atoms with Crippen LogP contribution in [-0.2, 0) is 10.8 Å². The van der Waals surface area contributed by atoms with Gasteiger partial charge in [0.2, 0.25) is 0 Å². The van der Waals surface area contributed by atoms with Gasteiger partial charge < -0.3 is 14.8 Å². The standard InChI is InChI=1S/C16H23NO3S/c1-11-13(17-2)5-7-16(11)21(18)12-4-6-14-15(10-12)20-9-3-8-19-14/h4,6,10-11,13,16-17H,3,5,7-9H2,1-2H3. The first-order chi connectivity index (χ1) is 10.2. The van der Waals surface area contributed by atoms with Crippen molar-refractivity contribution in [1.82, 2.24) is 5.32 Å². The number of nitrogens with one attached hydrogen (secondary N) is 1. The van der Waals surface area contributed by atoms with Gasteiger partial charge in [0.05, 0.1) is 24.0 Å². The van der Waals surface area contributed by atoms with Crippen molar-refractivity contribution in [2.75, 3.05) is 20.3 Å². The summed E-state index contributed by atoms with van der Waals surface area (Å²) in [6.07, 6.45) is 2.99. The van der Waals surface area contributed by atoms with Gasteiger partial charge >= 0.3 is 0 Å². The minimum absolute atomic E-state index is 0.215. The molecule has 4 unspecified atom stereocenters. The third-order valence-electron chi connectivity index (χ3n) is 4.58. The van der Waals surface area contributed by atoms with Crippen molar-refractivity contribution < 1.29 is 13.7 Å². The maximum Gasteiger partial charge on any atom is 0.162 e. The van der Waals surface area contributed by atoms with Crippen LogP contribution in [0.4, 0.5) is 0 Å². The highest BCUT2D eigenvalue weighted by molar-refractivity contribution is 7.85. The van der Waals surface area contributed by atoms with Gasteiger partial charge in [-0.25, -0.2) is 0 Å². The van der Waals surface area contributed by atoms with Crippen LogP contribution in [0.5, 0.6) is 11.5 Å². The highest BCUT2D eigenvalue weighted by atomic mass is 32.2. The molecule has 1 aromatic rings. The van der Waals surface area contributed by atoms with E-state index in [9.17, 15) is 4.21 Å². The highest BCUT2D eigenvalue weighted by Gasteiger charge is 2.36. The summed E-state index contributed by atoms with van der Waals surface area (Å²) in [5.74, 6) is 1.92. The lowest BCUT2D eigenvalue weighted by atomic mass is 10.1. The summed E-state index contributed by atoms with van der Waals surface area (Å²) < 4.78 is 24.2. The average molecular weight is 309 g/mol. The average Bonchev–Trinajstić information content (AvgIpc) is 2.72. The summed E-state index contributed by atoms with van der Waals surface area (Å²) in [6.45, 7) is 3.53. The summed E-state index contributed by atoms with van der Waals surface area (Å²) in [4.78, 5) is 0.854. The molecule has 1 saturated carbocycles. The number of hydrogen-bond acceptors (Lipinski definition) is 4. The molecule has 4 atom stereocenters. The second-order valence-electron chi connectivity index (χ2n) is 5.83. The fourth-order valence-electron chi connectivity index (χ4n) is 3.28. The molecule has 1 aromatic carbocycles. The van der Waals surface area contributed by atoms with E-state index in [1.807, 2.05) is 25.2 Å². The molecular formula is C16H23NO3S. The lowest BCUT2D eigenvalue weighted by Crippen LogP contribution is -2.32. The second-order valence-corrected chi connectivity index (χ2v) is 7.50. The molecule has 4 nitrogen and oxygen atoms in total. The number of rotatable bonds is 3. The summed E-state index contributed by atoms with van der Waals surface area (Å²) in [7, 11) is 0.996. The van der Waals surface area contributed by atoms with E-state index in [1.54, 1.807) is 0 Å². The lowest BCUT2D eigenvalue weighted by Gasteiger charge is -2.20. The van der Waals surface area contributed by atoms with Crippen molar-refractivity contribution >= 4 is 10.8 Å². The van der Waals surface area contributed by atoms with Crippen LogP contribution in [0.25, 0.3) is 0 Å². The first-order valence-corrected chi connectivity index (χ1v) is 8.89. The molecule has 0 bridgehead atoms. The summed E-state index contributed by atoms with van der Waals surface area (Å²) in [5.41, 5.74) is 0. The summed E-state index contributed by atoms with van der Waals surface area (Å²) in [6, 6.07) is 6.18. The normalized spacial score (nSPS) is 29.9. The number of benzene rings is 1. The monoisotopic (exact) mass is 309 g/mol. The smallest absolute Gasteiger partial charge is 0.162 e. The van der Waals surface area contributed by atoms with Crippen molar-refractivity contribution in [3.05, 3.63) is 18.2 Å². The molecular weight excluding hydrogens is 286 g/mol. The Labute approximate surface area is 128 Å². The molecule has 0 radical (unpaired) electrons. The van der Waals surface area contributed by atoms with E-state index in [1.165, 1.54) is 0 Å². The van der Waals surface area contributed by atoms with Crippen molar-refractivity contribution in [2.24, 2.45) is 5.92 Å². The van der Waals surface area contributed by atoms with E-state index in [0.717, 1.165) is 35.7 Å². The molecule has 1 aliphatic heterocycles. The van der Waals surface area contributed by atoms with Gasteiger partial charge in [-0.05, 0) is 37.9 Å². The van der Waals surface area contributed by atoms with Crippen LogP contribution in [0, 0.1) is 5.92 Å². The Hall–Kier alpha value is -1.07. The first kappa shape index (κ1) is 14.9. The number of hydrogen-bond donors (Lipinski definition) is 1. The molecule has 1 fully saturated rings. The van der Waals surface area contributed by atoms with Crippen LogP contribution in [0.15, 0.2) is 23.1 Å². The predicted octanol–water partition coefficient (Wildman–Crippen LogP) is 2.34. The Bertz CT molecular complexity index is 534. The molecule has 0 aromatic heterocycles. The third kappa shape index (κ3) is 2.94. The number of ether oxygens (including phenoxy) is 2. The minimum Gasteiger partial charge on any atom is -0.490 e. The summed E-state index contributed by atoms with van der Waals surface area (Å²) in [5, 5.41) is 3.54. The van der Waals surface area contributed by atoms with Crippen LogP contribution < -0.4 is 14.8 Å². The van der Waals surface area contributed by atoms with Crippen molar-refractivity contribution in [1.29, 1.82) is 0 Å². The molecule has 3 rings (SSSR count). The van der Waals surface area contributed by atoms with Crippen molar-refractivity contribution in [3.63, 3.8) is 0 Å². The lowest BCUT2D eigenvalue weighted by molar-refractivity contribution is 0.297. The zero-order valence-corrected chi connectivity index (χ0v) is 13.4. The third-order valence-corrected chi connectivity index (χ3v) is 6.51. The van der Waals surface area contributed by atoms with Gasteiger partial charge in [-0.15, -0.1) is 0 Å². The molecule has 1 N–H and O–H groups in total. The Balaban J connectivity index is 1.81. The minimum atomic E-state index is -0.990. The molecule has 0 saturated heterocycles. The van der Waals surface area contributed by atoms with Crippen LogP contribution >= 0.6 is 0 Å². The van der Waals surface area contributed by atoms with E-state index in [4.69, 9.17) is 9.47 Å². The topological polar surface area (TPSA) is 47.6 Å². The highest BCUT2D eigenvalue weighted by Crippen LogP contribution is 2.36. The van der Waals surface area contributed by atoms with Crippen molar-refractivity contribution in [3.8, 4) is 11.5 Å². The molecule has 21 heavy (non-hydrogen) atoms. The van der Waals surface area contributed by atoms with Crippen LogP contribution in [0.1, 0.15) is 26.2 Å². The zero-order chi connectivity index (χ0) is 14.8. The Kier molecular flexibility index (Phi) is 4.50. The van der Waals surface area contributed by atoms with E-state index in [2.05, 4.69) is 12.2 Å². The largest absolute Gasteiger partial charge is 0.490 e. The van der Waals surface area contributed by atoms with Gasteiger partial charge in [0, 0.05) is 28.7 Å². The van der Waals surface area contributed by atoms with Gasteiger partial charge in [-0.2, -0.15) is 0 Å². The maximum absolute atomic E-state index is 12.9. The van der Waals surface area contributed by atoms with Crippen LogP contribution in [0.2, 0.25) is 0 Å². The van der Waals surface area contributed by atoms with Crippen LogP contribution in [0.3, 0.4) is 0 Å². The van der Waals surface area contributed by atoms with Gasteiger partial charge in [0.15, 0.2) is 11.5 Å². The van der Waals surface area contributed by atoms with Crippen molar-refractivity contribution in [2.45, 2.75) is 42.4 Å². The number of fused-ring (bicyclic) bond motifs is 1. The summed E-state index contributed by atoms with van der Waals surface area (Å²) >= 11 is 0. The van der Waals surface area contributed by atoms with E-state index >= 15 is 0 Å². The first-order valence-electron chi connectivity index (χ1n) is 7.68. The molecule has 0 spiro atoms.